The lowest BCUT2D eigenvalue weighted by atomic mass is 9.92. The second-order valence-corrected chi connectivity index (χ2v) is 11.1. The number of fused-ring (bicyclic) bond motifs is 1. The van der Waals surface area contributed by atoms with Crippen molar-refractivity contribution in [1.82, 2.24) is 4.72 Å². The molecular weight excluding hydrogens is 413 g/mol. The van der Waals surface area contributed by atoms with Crippen molar-refractivity contribution in [3.05, 3.63) is 46.5 Å². The molecule has 0 aliphatic heterocycles. The minimum absolute atomic E-state index is 0.126. The fraction of sp³-hybridized carbons (Fsp3) is 0.471. The van der Waals surface area contributed by atoms with Gasteiger partial charge in [0.15, 0.2) is 5.28 Å². The van der Waals surface area contributed by atoms with E-state index in [1.54, 1.807) is 39.8 Å². The Labute approximate surface area is 164 Å². The van der Waals surface area contributed by atoms with Crippen LogP contribution in [0.5, 0.6) is 0 Å². The van der Waals surface area contributed by atoms with Gasteiger partial charge in [0.2, 0.25) is 15.8 Å². The smallest absolute Gasteiger partial charge is 0.304 e. The first-order chi connectivity index (χ1) is 12.3. The van der Waals surface area contributed by atoms with E-state index >= 15 is 0 Å². The van der Waals surface area contributed by atoms with Gasteiger partial charge in [0.25, 0.3) is 0 Å². The number of sulfonamides is 1. The van der Waals surface area contributed by atoms with Crippen molar-refractivity contribution in [2.75, 3.05) is 6.26 Å². The fourth-order valence-electron chi connectivity index (χ4n) is 2.86. The average Bonchev–Trinajstić information content (AvgIpc) is 2.49. The molecule has 10 heteroatoms. The van der Waals surface area contributed by atoms with Crippen LogP contribution in [0, 0.1) is 0 Å². The maximum absolute atomic E-state index is 14.0. The van der Waals surface area contributed by atoms with Gasteiger partial charge in [0, 0.05) is 11.1 Å². The van der Waals surface area contributed by atoms with E-state index in [0.717, 1.165) is 12.3 Å². The van der Waals surface area contributed by atoms with Gasteiger partial charge in [-0.15, -0.1) is 0 Å². The molecule has 0 fully saturated rings. The van der Waals surface area contributed by atoms with Gasteiger partial charge in [0.1, 0.15) is 0 Å². The maximum atomic E-state index is 14.0. The summed E-state index contributed by atoms with van der Waals surface area (Å²) in [6.07, 6.45) is 0.936. The molecule has 0 bridgehead atoms. The van der Waals surface area contributed by atoms with Crippen LogP contribution in [0.25, 0.3) is 0 Å². The summed E-state index contributed by atoms with van der Waals surface area (Å²) in [6, 6.07) is 6.20. The van der Waals surface area contributed by atoms with E-state index in [4.69, 9.17) is 20.6 Å². The predicted octanol–water partition coefficient (Wildman–Crippen LogP) is 3.75. The molecule has 0 aromatic heterocycles. The SMILES string of the molecule is CC(C)OP(=O)(OC(C)C)C1(NS(C)(=O)=O)C=C(Cl)C(=O)c2ccccc21. The Kier molecular flexibility index (Phi) is 6.41. The Balaban J connectivity index is 2.91. The Morgan fingerprint density at radius 1 is 1.11 bits per heavy atom. The number of halogens is 1. The number of hydrogen-bond acceptors (Lipinski definition) is 6. The normalized spacial score (nSPS) is 20.7. The Morgan fingerprint density at radius 3 is 2.11 bits per heavy atom. The monoisotopic (exact) mass is 435 g/mol. The second kappa shape index (κ2) is 7.78. The molecule has 1 aliphatic carbocycles. The molecule has 7 nitrogen and oxygen atoms in total. The van der Waals surface area contributed by atoms with Gasteiger partial charge in [-0.1, -0.05) is 35.9 Å². The van der Waals surface area contributed by atoms with Crippen molar-refractivity contribution in [3.8, 4) is 0 Å². The maximum Gasteiger partial charge on any atom is 0.360 e. The third-order valence-corrected chi connectivity index (χ3v) is 7.48. The van der Waals surface area contributed by atoms with E-state index in [2.05, 4.69) is 4.72 Å². The lowest BCUT2D eigenvalue weighted by molar-refractivity contribution is 0.103. The zero-order chi connectivity index (χ0) is 20.6. The van der Waals surface area contributed by atoms with Gasteiger partial charge >= 0.3 is 7.60 Å². The number of benzene rings is 1. The number of Topliss-reactive ketones (excluding diaryl/α,β-unsaturated/α-hetero) is 1. The van der Waals surface area contributed by atoms with Crippen molar-refractivity contribution in [2.24, 2.45) is 0 Å². The Morgan fingerprint density at radius 2 is 1.63 bits per heavy atom. The Bertz CT molecular complexity index is 913. The summed E-state index contributed by atoms with van der Waals surface area (Å²) in [7, 11) is -8.15. The van der Waals surface area contributed by atoms with Crippen molar-refractivity contribution in [2.45, 2.75) is 45.2 Å². The summed E-state index contributed by atoms with van der Waals surface area (Å²) in [5.41, 5.74) is 0.288. The Hall–Kier alpha value is -1.02. The van der Waals surface area contributed by atoms with Gasteiger partial charge in [0.05, 0.1) is 23.5 Å². The van der Waals surface area contributed by atoms with Crippen molar-refractivity contribution in [1.29, 1.82) is 0 Å². The molecule has 150 valence electrons. The summed E-state index contributed by atoms with van der Waals surface area (Å²) in [5.74, 6) is -0.501. The van der Waals surface area contributed by atoms with Gasteiger partial charge in [-0.05, 0) is 33.8 Å². The summed E-state index contributed by atoms with van der Waals surface area (Å²) in [4.78, 5) is 12.5. The highest BCUT2D eigenvalue weighted by Gasteiger charge is 2.57. The number of carbonyl (C=O) groups is 1. The van der Waals surface area contributed by atoms with Crippen molar-refractivity contribution < 1.29 is 26.8 Å². The van der Waals surface area contributed by atoms with Gasteiger partial charge in [-0.3, -0.25) is 9.36 Å². The van der Waals surface area contributed by atoms with Crippen LogP contribution in [0.3, 0.4) is 0 Å². The molecule has 0 radical (unpaired) electrons. The van der Waals surface area contributed by atoms with E-state index in [9.17, 15) is 17.8 Å². The summed E-state index contributed by atoms with van der Waals surface area (Å²) in [6.45, 7) is 6.59. The van der Waals surface area contributed by atoms with Crippen LogP contribution in [0.1, 0.15) is 43.6 Å². The zero-order valence-electron chi connectivity index (χ0n) is 15.7. The number of carbonyl (C=O) groups excluding carboxylic acids is 1. The van der Waals surface area contributed by atoms with Crippen LogP contribution in [-0.4, -0.2) is 32.7 Å². The highest BCUT2D eigenvalue weighted by Crippen LogP contribution is 2.67. The van der Waals surface area contributed by atoms with Crippen LogP contribution >= 0.6 is 19.2 Å². The molecule has 0 saturated heterocycles. The molecule has 1 N–H and O–H groups in total. The van der Waals surface area contributed by atoms with E-state index in [-0.39, 0.29) is 16.2 Å². The molecule has 1 aliphatic rings. The molecule has 27 heavy (non-hydrogen) atoms. The number of nitrogens with one attached hydrogen (secondary N) is 1. The molecule has 2 rings (SSSR count). The van der Waals surface area contributed by atoms with Crippen LogP contribution in [-0.2, 0) is 28.9 Å². The van der Waals surface area contributed by atoms with Gasteiger partial charge in [-0.2, -0.15) is 4.72 Å². The van der Waals surface area contributed by atoms with E-state index < -0.39 is 40.9 Å². The molecule has 1 atom stereocenters. The third kappa shape index (κ3) is 4.53. The number of rotatable bonds is 7. The topological polar surface area (TPSA) is 98.8 Å². The minimum Gasteiger partial charge on any atom is -0.304 e. The highest BCUT2D eigenvalue weighted by molar-refractivity contribution is 7.89. The molecule has 0 heterocycles. The number of allylic oxidation sites excluding steroid dienone is 1. The predicted molar refractivity (Wildman–Crippen MR) is 104 cm³/mol. The molecular formula is C17H23ClNO6PS. The van der Waals surface area contributed by atoms with Gasteiger partial charge in [-0.25, -0.2) is 8.42 Å². The number of ketones is 1. The summed E-state index contributed by atoms with van der Waals surface area (Å²) >= 11 is 6.13. The number of hydrogen-bond donors (Lipinski definition) is 1. The van der Waals surface area contributed by atoms with Crippen LogP contribution in [0.4, 0.5) is 0 Å². The molecule has 1 aromatic carbocycles. The first-order valence-corrected chi connectivity index (χ1v) is 12.1. The molecule has 0 saturated carbocycles. The molecule has 0 spiro atoms. The largest absolute Gasteiger partial charge is 0.360 e. The molecule has 0 amide bonds. The van der Waals surface area contributed by atoms with Gasteiger partial charge < -0.3 is 9.05 Å². The quantitative estimate of drug-likeness (QED) is 0.655. The van der Waals surface area contributed by atoms with Crippen LogP contribution in [0.15, 0.2) is 35.4 Å². The molecule has 1 aromatic rings. The third-order valence-electron chi connectivity index (χ3n) is 3.61. The van der Waals surface area contributed by atoms with E-state index in [1.807, 2.05) is 0 Å². The molecule has 1 unspecified atom stereocenters. The standard InChI is InChI=1S/C17H23ClNO6PS/c1-11(2)24-26(21,25-12(3)4)17(19-27(5,22)23)10-15(18)16(20)13-8-6-7-9-14(13)17/h6-12,19H,1-5H3. The van der Waals surface area contributed by atoms with Crippen LogP contribution < -0.4 is 4.72 Å². The summed E-state index contributed by atoms with van der Waals surface area (Å²) < 4.78 is 52.2. The van der Waals surface area contributed by atoms with Crippen LogP contribution in [0.2, 0.25) is 0 Å². The average molecular weight is 436 g/mol. The highest BCUT2D eigenvalue weighted by atomic mass is 35.5. The van der Waals surface area contributed by atoms with E-state index in [1.165, 1.54) is 12.1 Å². The second-order valence-electron chi connectivity index (χ2n) is 6.81. The van der Waals surface area contributed by atoms with Crippen molar-refractivity contribution >= 4 is 35.0 Å². The fourth-order valence-corrected chi connectivity index (χ4v) is 7.15. The van der Waals surface area contributed by atoms with E-state index in [0.29, 0.717) is 0 Å². The zero-order valence-corrected chi connectivity index (χ0v) is 18.2. The summed E-state index contributed by atoms with van der Waals surface area (Å²) in [5, 5.41) is -2.25. The lowest BCUT2D eigenvalue weighted by Crippen LogP contribution is -2.48. The van der Waals surface area contributed by atoms with Crippen molar-refractivity contribution in [3.63, 3.8) is 0 Å². The first kappa shape index (κ1) is 22.3. The lowest BCUT2D eigenvalue weighted by Gasteiger charge is -2.41. The first-order valence-electron chi connectivity index (χ1n) is 8.30. The minimum atomic E-state index is -4.23.